The van der Waals surface area contributed by atoms with Crippen molar-refractivity contribution in [3.63, 3.8) is 0 Å². The number of aromatic nitrogens is 4. The number of nitrogens with one attached hydrogen (secondary N) is 1. The molecule has 160 valence electrons. The number of carbonyl (C=O) groups is 2. The molecule has 1 aliphatic rings. The van der Waals surface area contributed by atoms with Crippen LogP contribution in [-0.2, 0) is 4.79 Å². The van der Waals surface area contributed by atoms with E-state index in [9.17, 15) is 9.59 Å². The van der Waals surface area contributed by atoms with E-state index in [-0.39, 0.29) is 17.5 Å². The van der Waals surface area contributed by atoms with Crippen molar-refractivity contribution in [1.82, 2.24) is 19.9 Å². The average molecular weight is 427 g/mol. The number of H-pyrrole nitrogens is 1. The van der Waals surface area contributed by atoms with E-state index in [0.29, 0.717) is 48.3 Å². The maximum Gasteiger partial charge on any atom is 0.263 e. The molecule has 1 atom stereocenters. The molecule has 0 amide bonds. The Morgan fingerprint density at radius 1 is 1.09 bits per heavy atom. The Hall–Kier alpha value is -4.07. The zero-order valence-corrected chi connectivity index (χ0v) is 17.5. The van der Waals surface area contributed by atoms with Crippen LogP contribution < -0.4 is 9.64 Å². The van der Waals surface area contributed by atoms with E-state index in [0.717, 1.165) is 11.0 Å². The standard InChI is InChI=1S/C24H21N5O3/c1-15-12-17(30)14-29(13-15)23-24(26-11-10-25-23)32-18-8-6-16(7-9-18)21(31)22-27-19-4-2-3-5-20(19)28-22/h2-11,15H,12-14H2,1H3,(H,27,28). The highest BCUT2D eigenvalue weighted by Gasteiger charge is 2.26. The van der Waals surface area contributed by atoms with Gasteiger partial charge in [0.1, 0.15) is 5.75 Å². The number of fused-ring (bicyclic) bond motifs is 1. The zero-order chi connectivity index (χ0) is 22.1. The second-order valence-corrected chi connectivity index (χ2v) is 7.97. The lowest BCUT2D eigenvalue weighted by Crippen LogP contribution is -2.40. The van der Waals surface area contributed by atoms with Crippen LogP contribution in [0.4, 0.5) is 5.82 Å². The quantitative estimate of drug-likeness (QED) is 0.484. The number of Topliss-reactive ketones (excluding diaryl/α,β-unsaturated/α-hetero) is 1. The molecule has 8 nitrogen and oxygen atoms in total. The minimum atomic E-state index is -0.200. The van der Waals surface area contributed by atoms with Gasteiger partial charge in [-0.25, -0.2) is 15.0 Å². The largest absolute Gasteiger partial charge is 0.436 e. The minimum Gasteiger partial charge on any atom is -0.436 e. The van der Waals surface area contributed by atoms with Gasteiger partial charge in [0, 0.05) is 30.9 Å². The predicted molar refractivity (Wildman–Crippen MR) is 119 cm³/mol. The molecule has 2 aromatic carbocycles. The van der Waals surface area contributed by atoms with E-state index >= 15 is 0 Å². The van der Waals surface area contributed by atoms with Crippen molar-refractivity contribution in [1.29, 1.82) is 0 Å². The first kappa shape index (κ1) is 19.9. The zero-order valence-electron chi connectivity index (χ0n) is 17.5. The Kier molecular flexibility index (Phi) is 5.10. The van der Waals surface area contributed by atoms with Crippen molar-refractivity contribution in [2.75, 3.05) is 18.0 Å². The summed E-state index contributed by atoms with van der Waals surface area (Å²) in [7, 11) is 0. The molecule has 2 aromatic heterocycles. The van der Waals surface area contributed by atoms with Crippen molar-refractivity contribution in [3.05, 3.63) is 72.3 Å². The summed E-state index contributed by atoms with van der Waals surface area (Å²) in [5, 5.41) is 0. The molecule has 5 rings (SSSR count). The number of ether oxygens (including phenoxy) is 1. The molecule has 0 aliphatic carbocycles. The highest BCUT2D eigenvalue weighted by atomic mass is 16.5. The number of benzene rings is 2. The molecular weight excluding hydrogens is 406 g/mol. The summed E-state index contributed by atoms with van der Waals surface area (Å²) in [6.45, 7) is 3.05. The highest BCUT2D eigenvalue weighted by molar-refractivity contribution is 6.08. The number of para-hydroxylation sites is 2. The van der Waals surface area contributed by atoms with Crippen LogP contribution in [0.25, 0.3) is 11.0 Å². The summed E-state index contributed by atoms with van der Waals surface area (Å²) in [5.41, 5.74) is 2.05. The van der Waals surface area contributed by atoms with E-state index < -0.39 is 0 Å². The van der Waals surface area contributed by atoms with Crippen molar-refractivity contribution in [2.24, 2.45) is 5.92 Å². The fourth-order valence-electron chi connectivity index (χ4n) is 3.92. The molecule has 1 aliphatic heterocycles. The molecular formula is C24H21N5O3. The number of imidazole rings is 1. The van der Waals surface area contributed by atoms with Crippen LogP contribution in [0.2, 0.25) is 0 Å². The van der Waals surface area contributed by atoms with Crippen LogP contribution in [0.5, 0.6) is 11.6 Å². The van der Waals surface area contributed by atoms with Gasteiger partial charge in [-0.15, -0.1) is 0 Å². The summed E-state index contributed by atoms with van der Waals surface area (Å²) >= 11 is 0. The van der Waals surface area contributed by atoms with Crippen molar-refractivity contribution in [3.8, 4) is 11.6 Å². The fourth-order valence-corrected chi connectivity index (χ4v) is 3.92. The topological polar surface area (TPSA) is 101 Å². The Balaban J connectivity index is 1.35. The lowest BCUT2D eigenvalue weighted by atomic mass is 9.99. The first-order chi connectivity index (χ1) is 15.6. The molecule has 8 heteroatoms. The maximum atomic E-state index is 12.8. The van der Waals surface area contributed by atoms with Gasteiger partial charge in [-0.1, -0.05) is 19.1 Å². The third-order valence-corrected chi connectivity index (χ3v) is 5.36. The first-order valence-electron chi connectivity index (χ1n) is 10.4. The van der Waals surface area contributed by atoms with Gasteiger partial charge in [0.25, 0.3) is 5.88 Å². The van der Waals surface area contributed by atoms with Crippen molar-refractivity contribution >= 4 is 28.4 Å². The van der Waals surface area contributed by atoms with Crippen molar-refractivity contribution in [2.45, 2.75) is 13.3 Å². The SMILES string of the molecule is CC1CC(=O)CN(c2nccnc2Oc2ccc(C(=O)c3nc4ccccc4[nH]3)cc2)C1. The van der Waals surface area contributed by atoms with E-state index in [1.165, 1.54) is 0 Å². The number of hydrogen-bond acceptors (Lipinski definition) is 7. The van der Waals surface area contributed by atoms with Crippen molar-refractivity contribution < 1.29 is 14.3 Å². The molecule has 1 fully saturated rings. The number of hydrogen-bond donors (Lipinski definition) is 1. The number of carbonyl (C=O) groups excluding carboxylic acids is 2. The van der Waals surface area contributed by atoms with Crippen LogP contribution >= 0.6 is 0 Å². The number of ketones is 2. The molecule has 1 N–H and O–H groups in total. The van der Waals surface area contributed by atoms with E-state index in [4.69, 9.17) is 4.74 Å². The molecule has 1 saturated heterocycles. The monoisotopic (exact) mass is 427 g/mol. The van der Waals surface area contributed by atoms with E-state index in [2.05, 4.69) is 19.9 Å². The Bertz CT molecular complexity index is 1270. The molecule has 0 radical (unpaired) electrons. The van der Waals surface area contributed by atoms with Gasteiger partial charge >= 0.3 is 0 Å². The smallest absolute Gasteiger partial charge is 0.263 e. The Morgan fingerprint density at radius 2 is 1.88 bits per heavy atom. The van der Waals surface area contributed by atoms with E-state index in [1.54, 1.807) is 36.7 Å². The third-order valence-electron chi connectivity index (χ3n) is 5.36. The summed E-state index contributed by atoms with van der Waals surface area (Å²) < 4.78 is 5.96. The second kappa shape index (κ2) is 8.22. The van der Waals surface area contributed by atoms with Crippen LogP contribution in [-0.4, -0.2) is 44.6 Å². The Morgan fingerprint density at radius 3 is 2.66 bits per heavy atom. The summed E-state index contributed by atoms with van der Waals surface area (Å²) in [5.74, 6) is 1.89. The number of nitrogens with zero attached hydrogens (tertiary/aromatic N) is 4. The summed E-state index contributed by atoms with van der Waals surface area (Å²) in [4.78, 5) is 42.9. The first-order valence-corrected chi connectivity index (χ1v) is 10.4. The van der Waals surface area contributed by atoms with Crippen LogP contribution in [0.15, 0.2) is 60.9 Å². The average Bonchev–Trinajstić information content (AvgIpc) is 3.23. The minimum absolute atomic E-state index is 0.175. The number of aromatic amines is 1. The van der Waals surface area contributed by atoms with Gasteiger partial charge in [0.15, 0.2) is 17.4 Å². The van der Waals surface area contributed by atoms with Gasteiger partial charge in [0.2, 0.25) is 5.78 Å². The predicted octanol–water partition coefficient (Wildman–Crippen LogP) is 3.79. The Labute approximate surface area is 184 Å². The molecule has 32 heavy (non-hydrogen) atoms. The van der Waals surface area contributed by atoms with Crippen LogP contribution in [0.3, 0.4) is 0 Å². The highest BCUT2D eigenvalue weighted by Crippen LogP contribution is 2.30. The van der Waals surface area contributed by atoms with Gasteiger partial charge < -0.3 is 14.6 Å². The lowest BCUT2D eigenvalue weighted by Gasteiger charge is -2.31. The molecule has 4 aromatic rings. The molecule has 0 saturated carbocycles. The van der Waals surface area contributed by atoms with Crippen LogP contribution in [0.1, 0.15) is 29.5 Å². The summed E-state index contributed by atoms with van der Waals surface area (Å²) in [6.07, 6.45) is 3.71. The molecule has 1 unspecified atom stereocenters. The van der Waals surface area contributed by atoms with Gasteiger partial charge in [0.05, 0.1) is 17.6 Å². The second-order valence-electron chi connectivity index (χ2n) is 7.97. The van der Waals surface area contributed by atoms with E-state index in [1.807, 2.05) is 36.1 Å². The number of rotatable bonds is 5. The molecule has 3 heterocycles. The van der Waals surface area contributed by atoms with Gasteiger partial charge in [-0.05, 0) is 42.3 Å². The van der Waals surface area contributed by atoms with Gasteiger partial charge in [-0.2, -0.15) is 0 Å². The van der Waals surface area contributed by atoms with Gasteiger partial charge in [-0.3, -0.25) is 9.59 Å². The summed E-state index contributed by atoms with van der Waals surface area (Å²) in [6, 6.07) is 14.3. The van der Waals surface area contributed by atoms with Crippen LogP contribution in [0, 0.1) is 5.92 Å². The lowest BCUT2D eigenvalue weighted by molar-refractivity contribution is -0.119. The molecule has 0 bridgehead atoms. The third kappa shape index (κ3) is 3.94. The number of anilines is 1. The fraction of sp³-hybridized carbons (Fsp3) is 0.208. The maximum absolute atomic E-state index is 12.8. The number of piperidine rings is 1. The normalized spacial score (nSPS) is 16.3. The molecule has 0 spiro atoms.